The highest BCUT2D eigenvalue weighted by Crippen LogP contribution is 2.20. The van der Waals surface area contributed by atoms with Gasteiger partial charge in [-0.25, -0.2) is 0 Å². The fraction of sp³-hybridized carbons (Fsp3) is 0.0909. The maximum atomic E-state index is 12.4. The number of phenolic OH excluding ortho intramolecular Hbond substituents is 1. The molecule has 0 aromatic heterocycles. The summed E-state index contributed by atoms with van der Waals surface area (Å²) >= 11 is 0. The van der Waals surface area contributed by atoms with Crippen LogP contribution < -0.4 is 10.6 Å². The van der Waals surface area contributed by atoms with Gasteiger partial charge in [0.1, 0.15) is 5.75 Å². The monoisotopic (exact) mass is 360 g/mol. The molecular weight excluding hydrogens is 340 g/mol. The number of para-hydroxylation sites is 1. The van der Waals surface area contributed by atoms with Gasteiger partial charge in [0.15, 0.2) is 0 Å². The van der Waals surface area contributed by atoms with Crippen molar-refractivity contribution in [3.63, 3.8) is 0 Å². The maximum absolute atomic E-state index is 12.4. The van der Waals surface area contributed by atoms with Gasteiger partial charge in [0.25, 0.3) is 5.91 Å². The third-order valence-electron chi connectivity index (χ3n) is 4.02. The largest absolute Gasteiger partial charge is 0.507 e. The molecular formula is C22H20N2O3. The molecule has 0 saturated heterocycles. The van der Waals surface area contributed by atoms with Crippen LogP contribution in [0.2, 0.25) is 0 Å². The van der Waals surface area contributed by atoms with E-state index < -0.39 is 5.91 Å². The number of hydrogen-bond donors (Lipinski definition) is 3. The number of anilines is 1. The normalized spacial score (nSPS) is 10.2. The van der Waals surface area contributed by atoms with Crippen LogP contribution in [0.4, 0.5) is 5.69 Å². The predicted molar refractivity (Wildman–Crippen MR) is 105 cm³/mol. The third-order valence-corrected chi connectivity index (χ3v) is 4.02. The molecule has 0 radical (unpaired) electrons. The van der Waals surface area contributed by atoms with E-state index >= 15 is 0 Å². The number of carbonyl (C=O) groups is 2. The minimum atomic E-state index is -0.495. The summed E-state index contributed by atoms with van der Waals surface area (Å²) in [6.07, 6.45) is 0.649. The summed E-state index contributed by atoms with van der Waals surface area (Å²) in [6.45, 7) is -0.184. The number of carbonyl (C=O) groups excluding carboxylic acids is 2. The molecule has 0 atom stereocenters. The van der Waals surface area contributed by atoms with Gasteiger partial charge in [-0.2, -0.15) is 0 Å². The van der Waals surface area contributed by atoms with E-state index in [-0.39, 0.29) is 23.8 Å². The first kappa shape index (κ1) is 18.2. The van der Waals surface area contributed by atoms with Crippen LogP contribution in [0.5, 0.6) is 5.75 Å². The van der Waals surface area contributed by atoms with Gasteiger partial charge in [0.05, 0.1) is 12.1 Å². The molecule has 0 saturated carbocycles. The van der Waals surface area contributed by atoms with Crippen molar-refractivity contribution in [2.24, 2.45) is 0 Å². The SMILES string of the molecule is O=C(CNC(=O)c1cc(Cc2ccccc2)ccc1O)Nc1ccccc1. The standard InChI is InChI=1S/C22H20N2O3/c25-20-12-11-17(13-16-7-3-1-4-8-16)14-19(20)22(27)23-15-21(26)24-18-9-5-2-6-10-18/h1-12,14,25H,13,15H2,(H,23,27)(H,24,26). The lowest BCUT2D eigenvalue weighted by molar-refractivity contribution is -0.115. The number of hydrogen-bond acceptors (Lipinski definition) is 3. The summed E-state index contributed by atoms with van der Waals surface area (Å²) in [5, 5.41) is 15.2. The van der Waals surface area contributed by atoms with Crippen LogP contribution in [0, 0.1) is 0 Å². The number of benzene rings is 3. The minimum Gasteiger partial charge on any atom is -0.507 e. The fourth-order valence-corrected chi connectivity index (χ4v) is 2.69. The molecule has 0 fully saturated rings. The van der Waals surface area contributed by atoms with E-state index in [1.54, 1.807) is 24.3 Å². The van der Waals surface area contributed by atoms with Crippen molar-refractivity contribution in [1.82, 2.24) is 5.32 Å². The van der Waals surface area contributed by atoms with Crippen LogP contribution in [0.15, 0.2) is 78.9 Å². The summed E-state index contributed by atoms with van der Waals surface area (Å²) in [5.74, 6) is -0.951. The quantitative estimate of drug-likeness (QED) is 0.631. The Morgan fingerprint density at radius 1 is 0.815 bits per heavy atom. The molecule has 136 valence electrons. The Morgan fingerprint density at radius 2 is 1.48 bits per heavy atom. The van der Waals surface area contributed by atoms with Gasteiger partial charge in [0.2, 0.25) is 5.91 Å². The average molecular weight is 360 g/mol. The van der Waals surface area contributed by atoms with Gasteiger partial charge in [-0.1, -0.05) is 54.6 Å². The molecule has 5 heteroatoms. The van der Waals surface area contributed by atoms with E-state index in [1.807, 2.05) is 48.5 Å². The van der Waals surface area contributed by atoms with Gasteiger partial charge in [-0.15, -0.1) is 0 Å². The number of nitrogens with one attached hydrogen (secondary N) is 2. The molecule has 0 spiro atoms. The lowest BCUT2D eigenvalue weighted by Gasteiger charge is -2.10. The van der Waals surface area contributed by atoms with Crippen molar-refractivity contribution < 1.29 is 14.7 Å². The van der Waals surface area contributed by atoms with Gasteiger partial charge in [-0.05, 0) is 41.8 Å². The van der Waals surface area contributed by atoms with Crippen LogP contribution in [-0.2, 0) is 11.2 Å². The molecule has 3 N–H and O–H groups in total. The first-order valence-corrected chi connectivity index (χ1v) is 8.61. The molecule has 2 amide bonds. The average Bonchev–Trinajstić information content (AvgIpc) is 2.69. The Hall–Kier alpha value is -3.60. The van der Waals surface area contributed by atoms with E-state index in [0.29, 0.717) is 12.1 Å². The molecule has 0 aliphatic rings. The minimum absolute atomic E-state index is 0.118. The van der Waals surface area contributed by atoms with Gasteiger partial charge in [0, 0.05) is 5.69 Å². The van der Waals surface area contributed by atoms with Crippen LogP contribution in [0.3, 0.4) is 0 Å². The molecule has 5 nitrogen and oxygen atoms in total. The molecule has 27 heavy (non-hydrogen) atoms. The number of amides is 2. The van der Waals surface area contributed by atoms with Crippen molar-refractivity contribution >= 4 is 17.5 Å². The summed E-state index contributed by atoms with van der Waals surface area (Å²) < 4.78 is 0. The van der Waals surface area contributed by atoms with E-state index in [1.165, 1.54) is 6.07 Å². The third kappa shape index (κ3) is 5.19. The van der Waals surface area contributed by atoms with Crippen molar-refractivity contribution in [3.8, 4) is 5.75 Å². The van der Waals surface area contributed by atoms with Gasteiger partial charge >= 0.3 is 0 Å². The summed E-state index contributed by atoms with van der Waals surface area (Å²) in [4.78, 5) is 24.3. The number of rotatable bonds is 6. The zero-order valence-corrected chi connectivity index (χ0v) is 14.7. The van der Waals surface area contributed by atoms with Crippen molar-refractivity contribution in [2.45, 2.75) is 6.42 Å². The van der Waals surface area contributed by atoms with Crippen molar-refractivity contribution in [1.29, 1.82) is 0 Å². The second-order valence-electron chi connectivity index (χ2n) is 6.11. The predicted octanol–water partition coefficient (Wildman–Crippen LogP) is 3.35. The zero-order chi connectivity index (χ0) is 19.1. The van der Waals surface area contributed by atoms with Crippen LogP contribution in [-0.4, -0.2) is 23.5 Å². The summed E-state index contributed by atoms with van der Waals surface area (Å²) in [5.41, 5.74) is 2.81. The second kappa shape index (κ2) is 8.67. The Balaban J connectivity index is 1.62. The zero-order valence-electron chi connectivity index (χ0n) is 14.7. The Labute approximate surface area is 157 Å². The van der Waals surface area contributed by atoms with Crippen molar-refractivity contribution in [3.05, 3.63) is 95.6 Å². The highest BCUT2D eigenvalue weighted by Gasteiger charge is 2.13. The Morgan fingerprint density at radius 3 is 2.19 bits per heavy atom. The summed E-state index contributed by atoms with van der Waals surface area (Å²) in [7, 11) is 0. The maximum Gasteiger partial charge on any atom is 0.255 e. The lowest BCUT2D eigenvalue weighted by Crippen LogP contribution is -2.32. The molecule has 3 aromatic rings. The molecule has 0 unspecified atom stereocenters. The molecule has 0 aliphatic heterocycles. The molecule has 0 aliphatic carbocycles. The molecule has 3 aromatic carbocycles. The molecule has 0 bridgehead atoms. The Bertz CT molecular complexity index is 925. The van der Waals surface area contributed by atoms with E-state index in [2.05, 4.69) is 10.6 Å². The van der Waals surface area contributed by atoms with Crippen molar-refractivity contribution in [2.75, 3.05) is 11.9 Å². The lowest BCUT2D eigenvalue weighted by atomic mass is 10.0. The molecule has 3 rings (SSSR count). The van der Waals surface area contributed by atoms with Gasteiger partial charge < -0.3 is 15.7 Å². The van der Waals surface area contributed by atoms with E-state index in [0.717, 1.165) is 11.1 Å². The van der Waals surface area contributed by atoms with E-state index in [4.69, 9.17) is 0 Å². The topological polar surface area (TPSA) is 78.4 Å². The van der Waals surface area contributed by atoms with Crippen LogP contribution >= 0.6 is 0 Å². The first-order chi connectivity index (χ1) is 13.1. The molecule has 0 heterocycles. The summed E-state index contributed by atoms with van der Waals surface area (Å²) in [6, 6.07) is 23.8. The van der Waals surface area contributed by atoms with Crippen LogP contribution in [0.1, 0.15) is 21.5 Å². The smallest absolute Gasteiger partial charge is 0.255 e. The fourth-order valence-electron chi connectivity index (χ4n) is 2.69. The first-order valence-electron chi connectivity index (χ1n) is 8.61. The Kier molecular flexibility index (Phi) is 5.84. The van der Waals surface area contributed by atoms with Gasteiger partial charge in [-0.3, -0.25) is 9.59 Å². The number of phenols is 1. The highest BCUT2D eigenvalue weighted by molar-refractivity contribution is 6.00. The number of aromatic hydroxyl groups is 1. The van der Waals surface area contributed by atoms with E-state index in [9.17, 15) is 14.7 Å². The highest BCUT2D eigenvalue weighted by atomic mass is 16.3. The van der Waals surface area contributed by atoms with Crippen LogP contribution in [0.25, 0.3) is 0 Å². The second-order valence-corrected chi connectivity index (χ2v) is 6.11.